The van der Waals surface area contributed by atoms with Crippen LogP contribution in [0.25, 0.3) is 0 Å². The van der Waals surface area contributed by atoms with Crippen LogP contribution in [0.5, 0.6) is 0 Å². The van der Waals surface area contributed by atoms with E-state index in [0.717, 1.165) is 24.8 Å². The summed E-state index contributed by atoms with van der Waals surface area (Å²) in [7, 11) is 0. The fourth-order valence-corrected chi connectivity index (χ4v) is 1.52. The van der Waals surface area contributed by atoms with Gasteiger partial charge in [-0.1, -0.05) is 34.1 Å². The fourth-order valence-electron chi connectivity index (χ4n) is 1.29. The van der Waals surface area contributed by atoms with E-state index in [2.05, 4.69) is 33.0 Å². The highest BCUT2D eigenvalue weighted by Gasteiger charge is 2.12. The van der Waals surface area contributed by atoms with E-state index >= 15 is 0 Å². The first-order valence-corrected chi connectivity index (χ1v) is 5.94. The van der Waals surface area contributed by atoms with Crippen LogP contribution in [0.3, 0.4) is 0 Å². The van der Waals surface area contributed by atoms with Gasteiger partial charge in [0.25, 0.3) is 0 Å². The van der Waals surface area contributed by atoms with Crippen molar-refractivity contribution in [1.29, 1.82) is 0 Å². The number of nitrogens with one attached hydrogen (secondary N) is 1. The van der Waals surface area contributed by atoms with Gasteiger partial charge in [-0.2, -0.15) is 0 Å². The Balaban J connectivity index is 3.68. The summed E-state index contributed by atoms with van der Waals surface area (Å²) in [6.45, 7) is 10.1. The van der Waals surface area contributed by atoms with Crippen LogP contribution in [-0.2, 0) is 0 Å². The van der Waals surface area contributed by atoms with Gasteiger partial charge in [0, 0.05) is 11.9 Å². The van der Waals surface area contributed by atoms with Crippen LogP contribution in [-0.4, -0.2) is 18.5 Å². The van der Waals surface area contributed by atoms with E-state index in [1.165, 1.54) is 6.42 Å². The third-order valence-electron chi connectivity index (χ3n) is 2.65. The van der Waals surface area contributed by atoms with Crippen molar-refractivity contribution >= 4 is 11.6 Å². The lowest BCUT2D eigenvalue weighted by molar-refractivity contribution is 0.360. The highest BCUT2D eigenvalue weighted by atomic mass is 35.5. The molecule has 0 saturated heterocycles. The van der Waals surface area contributed by atoms with Crippen molar-refractivity contribution in [2.75, 3.05) is 12.4 Å². The van der Waals surface area contributed by atoms with E-state index in [1.807, 2.05) is 0 Å². The average Bonchev–Trinajstić information content (AvgIpc) is 2.11. The van der Waals surface area contributed by atoms with E-state index in [1.54, 1.807) is 0 Å². The van der Waals surface area contributed by atoms with Gasteiger partial charge in [0.2, 0.25) is 0 Å². The summed E-state index contributed by atoms with van der Waals surface area (Å²) >= 11 is 5.75. The number of hydrogen-bond donors (Lipinski definition) is 1. The molecule has 0 aromatic heterocycles. The smallest absolute Gasteiger partial charge is 0.0238 e. The van der Waals surface area contributed by atoms with Gasteiger partial charge in [0.1, 0.15) is 0 Å². The third kappa shape index (κ3) is 6.34. The van der Waals surface area contributed by atoms with E-state index in [4.69, 9.17) is 11.6 Å². The van der Waals surface area contributed by atoms with Gasteiger partial charge >= 0.3 is 0 Å². The summed E-state index contributed by atoms with van der Waals surface area (Å²) < 4.78 is 0. The Hall–Kier alpha value is 0.250. The molecule has 0 aromatic carbocycles. The topological polar surface area (TPSA) is 12.0 Å². The predicted molar refractivity (Wildman–Crippen MR) is 61.4 cm³/mol. The van der Waals surface area contributed by atoms with Crippen molar-refractivity contribution in [1.82, 2.24) is 5.32 Å². The molecule has 0 heterocycles. The molecule has 0 aliphatic heterocycles. The largest absolute Gasteiger partial charge is 0.313 e. The predicted octanol–water partition coefficient (Wildman–Crippen LogP) is 3.28. The zero-order valence-corrected chi connectivity index (χ0v) is 10.2. The Morgan fingerprint density at radius 1 is 1.23 bits per heavy atom. The van der Waals surface area contributed by atoms with Gasteiger partial charge < -0.3 is 5.32 Å². The molecular weight excluding hydrogens is 182 g/mol. The minimum absolute atomic E-state index is 0.589. The number of halogens is 1. The average molecular weight is 206 g/mol. The molecule has 13 heavy (non-hydrogen) atoms. The Labute approximate surface area is 88.2 Å². The van der Waals surface area contributed by atoms with Crippen LogP contribution in [0.2, 0.25) is 0 Å². The fraction of sp³-hybridized carbons (Fsp3) is 1.00. The molecule has 0 fully saturated rings. The minimum Gasteiger partial charge on any atom is -0.313 e. The summed E-state index contributed by atoms with van der Waals surface area (Å²) in [5, 5.41) is 3.59. The Kier molecular flexibility index (Phi) is 7.78. The number of rotatable bonds is 7. The second kappa shape index (κ2) is 7.64. The van der Waals surface area contributed by atoms with Crippen LogP contribution in [0.4, 0.5) is 0 Å². The molecule has 0 aliphatic carbocycles. The molecular formula is C11H24ClN. The van der Waals surface area contributed by atoms with E-state index < -0.39 is 0 Å². The standard InChI is InChI=1S/C11H24ClN/c1-5-10(4)8-13-11(6-7-12)9(2)3/h9-11,13H,5-8H2,1-4H3. The Morgan fingerprint density at radius 3 is 2.23 bits per heavy atom. The summed E-state index contributed by atoms with van der Waals surface area (Å²) in [5.74, 6) is 2.22. The summed E-state index contributed by atoms with van der Waals surface area (Å²) in [6.07, 6.45) is 2.33. The molecule has 2 atom stereocenters. The summed E-state index contributed by atoms with van der Waals surface area (Å²) in [4.78, 5) is 0. The van der Waals surface area contributed by atoms with Crippen LogP contribution in [0, 0.1) is 11.8 Å². The lowest BCUT2D eigenvalue weighted by Crippen LogP contribution is -2.36. The van der Waals surface area contributed by atoms with Crippen LogP contribution in [0.1, 0.15) is 40.5 Å². The van der Waals surface area contributed by atoms with Crippen LogP contribution < -0.4 is 5.32 Å². The highest BCUT2D eigenvalue weighted by molar-refractivity contribution is 6.17. The van der Waals surface area contributed by atoms with Crippen molar-refractivity contribution < 1.29 is 0 Å². The molecule has 80 valence electrons. The number of hydrogen-bond acceptors (Lipinski definition) is 1. The van der Waals surface area contributed by atoms with Crippen LogP contribution >= 0.6 is 11.6 Å². The second-order valence-electron chi connectivity index (χ2n) is 4.25. The van der Waals surface area contributed by atoms with Gasteiger partial charge in [0.05, 0.1) is 0 Å². The summed E-state index contributed by atoms with van der Waals surface area (Å²) in [6, 6.07) is 0.589. The molecule has 0 amide bonds. The second-order valence-corrected chi connectivity index (χ2v) is 4.63. The molecule has 0 radical (unpaired) electrons. The molecule has 0 spiro atoms. The lowest BCUT2D eigenvalue weighted by atomic mass is 10.0. The molecule has 2 unspecified atom stereocenters. The molecule has 0 aliphatic rings. The zero-order chi connectivity index (χ0) is 10.3. The van der Waals surface area contributed by atoms with Crippen molar-refractivity contribution in [3.8, 4) is 0 Å². The maximum atomic E-state index is 5.75. The SMILES string of the molecule is CCC(C)CNC(CCCl)C(C)C. The van der Waals surface area contributed by atoms with Gasteiger partial charge in [-0.15, -0.1) is 11.6 Å². The minimum atomic E-state index is 0.589. The molecule has 2 heteroatoms. The first-order valence-electron chi connectivity index (χ1n) is 5.41. The van der Waals surface area contributed by atoms with Crippen molar-refractivity contribution in [3.63, 3.8) is 0 Å². The Bertz CT molecular complexity index is 115. The zero-order valence-electron chi connectivity index (χ0n) is 9.44. The van der Waals surface area contributed by atoms with Gasteiger partial charge in [0.15, 0.2) is 0 Å². The molecule has 0 rings (SSSR count). The van der Waals surface area contributed by atoms with E-state index in [-0.39, 0.29) is 0 Å². The van der Waals surface area contributed by atoms with Gasteiger partial charge in [-0.25, -0.2) is 0 Å². The molecule has 1 nitrogen and oxygen atoms in total. The lowest BCUT2D eigenvalue weighted by Gasteiger charge is -2.23. The third-order valence-corrected chi connectivity index (χ3v) is 2.87. The summed E-state index contributed by atoms with van der Waals surface area (Å²) in [5.41, 5.74) is 0. The maximum absolute atomic E-state index is 5.75. The molecule has 0 bridgehead atoms. The quantitative estimate of drug-likeness (QED) is 0.630. The normalized spacial score (nSPS) is 16.2. The van der Waals surface area contributed by atoms with Crippen molar-refractivity contribution in [2.24, 2.45) is 11.8 Å². The maximum Gasteiger partial charge on any atom is 0.0238 e. The van der Waals surface area contributed by atoms with Crippen molar-refractivity contribution in [3.05, 3.63) is 0 Å². The van der Waals surface area contributed by atoms with Crippen LogP contribution in [0.15, 0.2) is 0 Å². The Morgan fingerprint density at radius 2 is 1.85 bits per heavy atom. The van der Waals surface area contributed by atoms with Gasteiger partial charge in [-0.3, -0.25) is 0 Å². The van der Waals surface area contributed by atoms with Crippen molar-refractivity contribution in [2.45, 2.75) is 46.6 Å². The molecule has 1 N–H and O–H groups in total. The first kappa shape index (κ1) is 13.2. The molecule has 0 saturated carbocycles. The monoisotopic (exact) mass is 205 g/mol. The molecule has 0 aromatic rings. The van der Waals surface area contributed by atoms with Gasteiger partial charge in [-0.05, 0) is 24.8 Å². The van der Waals surface area contributed by atoms with E-state index in [0.29, 0.717) is 12.0 Å². The number of alkyl halides is 1. The first-order chi connectivity index (χ1) is 6.11. The van der Waals surface area contributed by atoms with E-state index in [9.17, 15) is 0 Å². The highest BCUT2D eigenvalue weighted by Crippen LogP contribution is 2.08.